The van der Waals surface area contributed by atoms with E-state index in [2.05, 4.69) is 14.9 Å². The van der Waals surface area contributed by atoms with Crippen molar-refractivity contribution in [2.75, 3.05) is 39.4 Å². The van der Waals surface area contributed by atoms with Crippen LogP contribution in [-0.4, -0.2) is 76.0 Å². The van der Waals surface area contributed by atoms with Gasteiger partial charge in [-0.2, -0.15) is 0 Å². The van der Waals surface area contributed by atoms with Crippen molar-refractivity contribution in [3.63, 3.8) is 0 Å². The predicted molar refractivity (Wildman–Crippen MR) is 119 cm³/mol. The van der Waals surface area contributed by atoms with Gasteiger partial charge < -0.3 is 14.7 Å². The van der Waals surface area contributed by atoms with Crippen LogP contribution in [0.15, 0.2) is 36.0 Å². The molecule has 1 atom stereocenters. The summed E-state index contributed by atoms with van der Waals surface area (Å²) < 4.78 is 19.5. The van der Waals surface area contributed by atoms with Gasteiger partial charge in [-0.25, -0.2) is 14.4 Å². The Morgan fingerprint density at radius 3 is 2.67 bits per heavy atom. The number of hydrogen-bond acceptors (Lipinski definition) is 7. The average Bonchev–Trinajstić information content (AvgIpc) is 3.04. The summed E-state index contributed by atoms with van der Waals surface area (Å²) in [5, 5.41) is 11.1. The second-order valence-electron chi connectivity index (χ2n) is 8.27. The highest BCUT2D eigenvalue weighted by molar-refractivity contribution is 6.46. The van der Waals surface area contributed by atoms with Gasteiger partial charge in [0.25, 0.3) is 11.7 Å². The Bertz CT molecular complexity index is 1100. The molecule has 0 bridgehead atoms. The second kappa shape index (κ2) is 9.76. The van der Waals surface area contributed by atoms with Crippen LogP contribution in [0.2, 0.25) is 0 Å². The van der Waals surface area contributed by atoms with Gasteiger partial charge in [0.1, 0.15) is 17.4 Å². The number of benzene rings is 1. The first-order valence-corrected chi connectivity index (χ1v) is 11.0. The fraction of sp³-hybridized carbons (Fsp3) is 0.417. The highest BCUT2D eigenvalue weighted by atomic mass is 19.1. The molecule has 2 aliphatic heterocycles. The summed E-state index contributed by atoms with van der Waals surface area (Å²) in [6.45, 7) is 7.43. The third-order valence-electron chi connectivity index (χ3n) is 6.04. The molecule has 1 unspecified atom stereocenters. The van der Waals surface area contributed by atoms with Crippen LogP contribution in [0.1, 0.15) is 35.1 Å². The lowest BCUT2D eigenvalue weighted by molar-refractivity contribution is -0.140. The van der Waals surface area contributed by atoms with Gasteiger partial charge in [-0.05, 0) is 38.0 Å². The van der Waals surface area contributed by atoms with Crippen LogP contribution in [0.5, 0.6) is 0 Å². The molecule has 0 saturated carbocycles. The third kappa shape index (κ3) is 4.79. The molecule has 2 fully saturated rings. The molecule has 3 heterocycles. The van der Waals surface area contributed by atoms with Crippen LogP contribution >= 0.6 is 0 Å². The van der Waals surface area contributed by atoms with E-state index in [0.29, 0.717) is 43.3 Å². The molecule has 2 aromatic rings. The number of aliphatic hydroxyl groups excluding tert-OH is 1. The van der Waals surface area contributed by atoms with Crippen molar-refractivity contribution >= 4 is 17.4 Å². The summed E-state index contributed by atoms with van der Waals surface area (Å²) >= 11 is 0. The maximum Gasteiger partial charge on any atom is 0.295 e. The fourth-order valence-corrected chi connectivity index (χ4v) is 4.38. The van der Waals surface area contributed by atoms with Crippen LogP contribution in [0.25, 0.3) is 5.76 Å². The Morgan fingerprint density at radius 2 is 1.97 bits per heavy atom. The Balaban J connectivity index is 1.70. The first kappa shape index (κ1) is 23.0. The van der Waals surface area contributed by atoms with E-state index in [4.69, 9.17) is 4.74 Å². The number of Topliss-reactive ketones (excluding diaryl/α,β-unsaturated/α-hetero) is 1. The molecule has 1 aromatic heterocycles. The largest absolute Gasteiger partial charge is 0.507 e. The molecule has 0 spiro atoms. The quantitative estimate of drug-likeness (QED) is 0.407. The van der Waals surface area contributed by atoms with E-state index in [-0.39, 0.29) is 16.9 Å². The van der Waals surface area contributed by atoms with E-state index in [1.165, 1.54) is 29.3 Å². The number of aromatic nitrogens is 2. The van der Waals surface area contributed by atoms with Crippen molar-refractivity contribution in [1.82, 2.24) is 19.8 Å². The number of aryl methyl sites for hydroxylation is 2. The molecule has 8 nitrogen and oxygen atoms in total. The zero-order chi connectivity index (χ0) is 23.5. The Morgan fingerprint density at radius 1 is 1.21 bits per heavy atom. The fourth-order valence-electron chi connectivity index (χ4n) is 4.38. The zero-order valence-corrected chi connectivity index (χ0v) is 18.8. The summed E-state index contributed by atoms with van der Waals surface area (Å²) in [7, 11) is 0. The number of likely N-dealkylation sites (tertiary alicyclic amines) is 1. The van der Waals surface area contributed by atoms with E-state index >= 15 is 0 Å². The number of morpholine rings is 1. The summed E-state index contributed by atoms with van der Waals surface area (Å²) in [5.74, 6) is -1.82. The number of carbonyl (C=O) groups is 2. The maximum atomic E-state index is 14.1. The minimum atomic E-state index is -0.897. The first-order chi connectivity index (χ1) is 15.9. The van der Waals surface area contributed by atoms with Crippen LogP contribution in [0.3, 0.4) is 0 Å². The molecule has 1 aromatic carbocycles. The van der Waals surface area contributed by atoms with Gasteiger partial charge >= 0.3 is 0 Å². The van der Waals surface area contributed by atoms with Gasteiger partial charge in [-0.3, -0.25) is 14.5 Å². The molecular formula is C24H27FN4O4. The van der Waals surface area contributed by atoms with Crippen molar-refractivity contribution in [1.29, 1.82) is 0 Å². The van der Waals surface area contributed by atoms with Gasteiger partial charge in [0.15, 0.2) is 0 Å². The molecule has 2 aliphatic rings. The second-order valence-corrected chi connectivity index (χ2v) is 8.27. The van der Waals surface area contributed by atoms with E-state index < -0.39 is 23.5 Å². The molecule has 4 rings (SSSR count). The number of aliphatic hydroxyl groups is 1. The maximum absolute atomic E-state index is 14.1. The number of amides is 1. The van der Waals surface area contributed by atoms with E-state index in [9.17, 15) is 19.1 Å². The van der Waals surface area contributed by atoms with E-state index in [0.717, 1.165) is 19.6 Å². The number of ether oxygens (including phenoxy) is 1. The zero-order valence-electron chi connectivity index (χ0n) is 18.8. The molecule has 0 radical (unpaired) electrons. The van der Waals surface area contributed by atoms with Crippen LogP contribution in [0, 0.1) is 19.7 Å². The highest BCUT2D eigenvalue weighted by Gasteiger charge is 2.46. The van der Waals surface area contributed by atoms with Gasteiger partial charge in [0, 0.05) is 32.4 Å². The number of ketones is 1. The molecular weight excluding hydrogens is 427 g/mol. The number of rotatable bonds is 6. The summed E-state index contributed by atoms with van der Waals surface area (Å²) in [6, 6.07) is 4.87. The monoisotopic (exact) mass is 454 g/mol. The smallest absolute Gasteiger partial charge is 0.295 e. The van der Waals surface area contributed by atoms with Crippen LogP contribution in [0.4, 0.5) is 4.39 Å². The van der Waals surface area contributed by atoms with Crippen molar-refractivity contribution in [3.8, 4) is 0 Å². The van der Waals surface area contributed by atoms with Crippen LogP contribution in [-0.2, 0) is 14.3 Å². The third-order valence-corrected chi connectivity index (χ3v) is 6.04. The van der Waals surface area contributed by atoms with Crippen molar-refractivity contribution in [2.45, 2.75) is 26.3 Å². The summed E-state index contributed by atoms with van der Waals surface area (Å²) in [6.07, 6.45) is 2.06. The van der Waals surface area contributed by atoms with Crippen molar-refractivity contribution < 1.29 is 23.8 Å². The lowest BCUT2D eigenvalue weighted by Crippen LogP contribution is -2.39. The minimum Gasteiger partial charge on any atom is -0.507 e. The average molecular weight is 455 g/mol. The first-order valence-electron chi connectivity index (χ1n) is 11.0. The Labute approximate surface area is 191 Å². The van der Waals surface area contributed by atoms with Gasteiger partial charge in [0.2, 0.25) is 0 Å². The standard InChI is InChI=1S/C24H27FN4O4/c1-15-19(14-26-16(2)27-15)22(30)20-21(17-5-3-6-18(25)13-17)29(24(32)23(20)31)8-4-7-28-9-11-33-12-10-28/h3,5-6,13-14,21,30H,4,7-12H2,1-2H3/b22-20+. The van der Waals surface area contributed by atoms with E-state index in [1.54, 1.807) is 19.9 Å². The predicted octanol–water partition coefficient (Wildman–Crippen LogP) is 2.38. The number of carbonyl (C=O) groups excluding carboxylic acids is 2. The summed E-state index contributed by atoms with van der Waals surface area (Å²) in [5.41, 5.74) is 1.10. The van der Waals surface area contributed by atoms with Gasteiger partial charge in [-0.1, -0.05) is 12.1 Å². The molecule has 9 heteroatoms. The van der Waals surface area contributed by atoms with Crippen molar-refractivity contribution in [2.24, 2.45) is 0 Å². The molecule has 0 aliphatic carbocycles. The van der Waals surface area contributed by atoms with Gasteiger partial charge in [0.05, 0.1) is 36.1 Å². The van der Waals surface area contributed by atoms with Crippen molar-refractivity contribution in [3.05, 3.63) is 64.5 Å². The number of nitrogens with zero attached hydrogens (tertiary/aromatic N) is 4. The number of hydrogen-bond donors (Lipinski definition) is 1. The SMILES string of the molecule is Cc1ncc(/C(O)=C2\C(=O)C(=O)N(CCCN3CCOCC3)C2c2cccc(F)c2)c(C)n1. The van der Waals surface area contributed by atoms with E-state index in [1.807, 2.05) is 0 Å². The summed E-state index contributed by atoms with van der Waals surface area (Å²) in [4.78, 5) is 38.1. The molecule has 2 saturated heterocycles. The molecule has 174 valence electrons. The molecule has 1 amide bonds. The lowest BCUT2D eigenvalue weighted by Gasteiger charge is -2.29. The Hall–Kier alpha value is -3.17. The topological polar surface area (TPSA) is 95.9 Å². The molecule has 1 N–H and O–H groups in total. The van der Waals surface area contributed by atoms with Crippen LogP contribution < -0.4 is 0 Å². The lowest BCUT2D eigenvalue weighted by atomic mass is 9.95. The highest BCUT2D eigenvalue weighted by Crippen LogP contribution is 2.39. The normalized spacial score (nSPS) is 21.1. The Kier molecular flexibility index (Phi) is 6.80. The van der Waals surface area contributed by atoms with Gasteiger partial charge in [-0.15, -0.1) is 0 Å². The molecule has 33 heavy (non-hydrogen) atoms. The minimum absolute atomic E-state index is 0.0764. The number of halogens is 1.